The molecule has 0 spiro atoms. The predicted molar refractivity (Wildman–Crippen MR) is 112 cm³/mol. The van der Waals surface area contributed by atoms with E-state index in [1.54, 1.807) is 18.2 Å². The molecule has 2 aromatic rings. The Hall–Kier alpha value is -2.47. The summed E-state index contributed by atoms with van der Waals surface area (Å²) < 4.78 is 26.2. The van der Waals surface area contributed by atoms with E-state index in [1.807, 2.05) is 0 Å². The molecule has 0 unspecified atom stereocenters. The lowest BCUT2D eigenvalue weighted by Crippen LogP contribution is -2.46. The first-order valence-electron chi connectivity index (χ1n) is 10.4. The fraction of sp³-hybridized carbons (Fsp3) is 0.417. The second-order valence-electron chi connectivity index (χ2n) is 9.68. The summed E-state index contributed by atoms with van der Waals surface area (Å²) >= 11 is 0. The number of amides is 1. The van der Waals surface area contributed by atoms with Crippen LogP contribution in [0, 0.1) is 16.7 Å². The van der Waals surface area contributed by atoms with Gasteiger partial charge in [0, 0.05) is 22.7 Å². The first-order valence-corrected chi connectivity index (χ1v) is 11.9. The lowest BCUT2D eigenvalue weighted by Gasteiger charge is -2.39. The molecule has 5 rings (SSSR count). The lowest BCUT2D eigenvalue weighted by atomic mass is 9.69. The van der Waals surface area contributed by atoms with Crippen molar-refractivity contribution in [3.05, 3.63) is 59.2 Å². The standard InChI is InChI=1S/C24H25NO4S/c1-23(2)15-10-11-24(23,3)20(13-15)25-22(27)14-8-9-17-19(12-14)30(28,29)18-7-5-4-6-16(18)21(17)26/h4-9,12,15,20H,10-11,13H2,1-3H3,(H,25,27)/t15-,20-,24-/m1/s1. The molecule has 1 amide bonds. The number of nitrogens with one attached hydrogen (secondary N) is 1. The van der Waals surface area contributed by atoms with Gasteiger partial charge in [0.1, 0.15) is 0 Å². The van der Waals surface area contributed by atoms with Crippen molar-refractivity contribution in [2.75, 3.05) is 0 Å². The zero-order chi connectivity index (χ0) is 21.5. The summed E-state index contributed by atoms with van der Waals surface area (Å²) in [6, 6.07) is 10.7. The van der Waals surface area contributed by atoms with Crippen molar-refractivity contribution in [1.29, 1.82) is 0 Å². The molecule has 1 heterocycles. The van der Waals surface area contributed by atoms with Crippen molar-refractivity contribution < 1.29 is 18.0 Å². The molecule has 2 bridgehead atoms. The van der Waals surface area contributed by atoms with Gasteiger partial charge in [0.2, 0.25) is 9.84 Å². The summed E-state index contributed by atoms with van der Waals surface area (Å²) in [5, 5.41) is 3.17. The first kappa shape index (κ1) is 19.5. The highest BCUT2D eigenvalue weighted by molar-refractivity contribution is 7.91. The van der Waals surface area contributed by atoms with Gasteiger partial charge in [-0.3, -0.25) is 9.59 Å². The summed E-state index contributed by atoms with van der Waals surface area (Å²) in [4.78, 5) is 25.8. The SMILES string of the molecule is CC1(C)[C@@H]2CC[C@]1(C)[C@H](NC(=O)c1ccc3c(c1)S(=O)(=O)c1ccccc1C3=O)C2. The molecule has 2 aromatic carbocycles. The van der Waals surface area contributed by atoms with Gasteiger partial charge in [-0.05, 0) is 66.3 Å². The Morgan fingerprint density at radius 3 is 2.40 bits per heavy atom. The van der Waals surface area contributed by atoms with Crippen LogP contribution in [0.2, 0.25) is 0 Å². The molecule has 2 aliphatic carbocycles. The highest BCUT2D eigenvalue weighted by atomic mass is 32.2. The number of ketones is 1. The maximum Gasteiger partial charge on any atom is 0.251 e. The average molecular weight is 424 g/mol. The second kappa shape index (κ2) is 6.03. The molecular weight excluding hydrogens is 398 g/mol. The van der Waals surface area contributed by atoms with Gasteiger partial charge in [0.25, 0.3) is 5.91 Å². The molecule has 5 nitrogen and oxygen atoms in total. The Morgan fingerprint density at radius 1 is 1.03 bits per heavy atom. The largest absolute Gasteiger partial charge is 0.349 e. The maximum absolute atomic E-state index is 13.1. The van der Waals surface area contributed by atoms with E-state index in [-0.39, 0.29) is 55.0 Å². The van der Waals surface area contributed by atoms with E-state index in [2.05, 4.69) is 26.1 Å². The van der Waals surface area contributed by atoms with Gasteiger partial charge < -0.3 is 5.32 Å². The van der Waals surface area contributed by atoms with Crippen LogP contribution in [0.5, 0.6) is 0 Å². The predicted octanol–water partition coefficient (Wildman–Crippen LogP) is 4.01. The fourth-order valence-corrected chi connectivity index (χ4v) is 7.57. The minimum Gasteiger partial charge on any atom is -0.349 e. The molecule has 3 atom stereocenters. The van der Waals surface area contributed by atoms with Crippen molar-refractivity contribution in [3.8, 4) is 0 Å². The van der Waals surface area contributed by atoms with E-state index in [0.717, 1.165) is 12.8 Å². The zero-order valence-corrected chi connectivity index (χ0v) is 18.2. The Bertz CT molecular complexity index is 1210. The van der Waals surface area contributed by atoms with E-state index in [9.17, 15) is 18.0 Å². The third-order valence-electron chi connectivity index (χ3n) is 8.30. The number of hydrogen-bond acceptors (Lipinski definition) is 4. The number of carbonyl (C=O) groups is 2. The summed E-state index contributed by atoms with van der Waals surface area (Å²) in [6.07, 6.45) is 3.22. The summed E-state index contributed by atoms with van der Waals surface area (Å²) in [5.41, 5.74) is 0.772. The van der Waals surface area contributed by atoms with Gasteiger partial charge in [-0.15, -0.1) is 0 Å². The highest BCUT2D eigenvalue weighted by Gasteiger charge is 2.61. The minimum absolute atomic E-state index is 0.00224. The van der Waals surface area contributed by atoms with E-state index in [0.29, 0.717) is 5.92 Å². The van der Waals surface area contributed by atoms with Crippen molar-refractivity contribution in [3.63, 3.8) is 0 Å². The topological polar surface area (TPSA) is 80.3 Å². The van der Waals surface area contributed by atoms with Crippen LogP contribution >= 0.6 is 0 Å². The highest BCUT2D eigenvalue weighted by Crippen LogP contribution is 2.65. The van der Waals surface area contributed by atoms with E-state index in [4.69, 9.17) is 0 Å². The average Bonchev–Trinajstić information content (AvgIpc) is 3.05. The monoisotopic (exact) mass is 423 g/mol. The van der Waals surface area contributed by atoms with Gasteiger partial charge in [-0.1, -0.05) is 32.9 Å². The van der Waals surface area contributed by atoms with Crippen LogP contribution in [0.1, 0.15) is 66.3 Å². The van der Waals surface area contributed by atoms with Gasteiger partial charge in [-0.2, -0.15) is 0 Å². The quantitative estimate of drug-likeness (QED) is 0.675. The number of benzene rings is 2. The molecule has 156 valence electrons. The fourth-order valence-electron chi connectivity index (χ4n) is 5.89. The Morgan fingerprint density at radius 2 is 1.73 bits per heavy atom. The lowest BCUT2D eigenvalue weighted by molar-refractivity contribution is 0.0825. The number of fused-ring (bicyclic) bond motifs is 4. The maximum atomic E-state index is 13.1. The minimum atomic E-state index is -3.86. The van der Waals surface area contributed by atoms with Crippen LogP contribution in [-0.4, -0.2) is 26.2 Å². The number of rotatable bonds is 2. The molecular formula is C24H25NO4S. The molecule has 2 saturated carbocycles. The van der Waals surface area contributed by atoms with Crippen molar-refractivity contribution in [2.24, 2.45) is 16.7 Å². The van der Waals surface area contributed by atoms with Crippen LogP contribution in [0.4, 0.5) is 0 Å². The molecule has 0 saturated heterocycles. The number of carbonyl (C=O) groups excluding carboxylic acids is 2. The van der Waals surface area contributed by atoms with Gasteiger partial charge in [0.05, 0.1) is 9.79 Å². The van der Waals surface area contributed by atoms with Crippen LogP contribution in [0.15, 0.2) is 52.3 Å². The molecule has 2 fully saturated rings. The van der Waals surface area contributed by atoms with Crippen molar-refractivity contribution >= 4 is 21.5 Å². The van der Waals surface area contributed by atoms with Crippen molar-refractivity contribution in [2.45, 2.75) is 55.9 Å². The molecule has 1 N–H and O–H groups in total. The van der Waals surface area contributed by atoms with Crippen LogP contribution in [-0.2, 0) is 9.84 Å². The Labute approximate surface area is 176 Å². The third-order valence-corrected chi connectivity index (χ3v) is 10.2. The summed E-state index contributed by atoms with van der Waals surface area (Å²) in [5.74, 6) is -0.0236. The smallest absolute Gasteiger partial charge is 0.251 e. The normalized spacial score (nSPS) is 29.9. The van der Waals surface area contributed by atoms with Crippen LogP contribution < -0.4 is 5.32 Å². The van der Waals surface area contributed by atoms with Crippen LogP contribution in [0.3, 0.4) is 0 Å². The Kier molecular flexibility index (Phi) is 3.92. The van der Waals surface area contributed by atoms with Crippen molar-refractivity contribution in [1.82, 2.24) is 5.32 Å². The number of hydrogen-bond donors (Lipinski definition) is 1. The summed E-state index contributed by atoms with van der Waals surface area (Å²) in [6.45, 7) is 6.81. The van der Waals surface area contributed by atoms with E-state index in [1.165, 1.54) is 30.7 Å². The molecule has 6 heteroatoms. The zero-order valence-electron chi connectivity index (χ0n) is 17.4. The Balaban J connectivity index is 1.49. The second-order valence-corrected chi connectivity index (χ2v) is 11.6. The molecule has 0 radical (unpaired) electrons. The number of sulfone groups is 1. The van der Waals surface area contributed by atoms with E-state index >= 15 is 0 Å². The van der Waals surface area contributed by atoms with Crippen LogP contribution in [0.25, 0.3) is 0 Å². The van der Waals surface area contributed by atoms with Gasteiger partial charge >= 0.3 is 0 Å². The van der Waals surface area contributed by atoms with Gasteiger partial charge in [0.15, 0.2) is 5.78 Å². The third kappa shape index (κ3) is 2.37. The molecule has 3 aliphatic rings. The first-order chi connectivity index (χ1) is 14.1. The molecule has 0 aromatic heterocycles. The van der Waals surface area contributed by atoms with Gasteiger partial charge in [-0.25, -0.2) is 8.42 Å². The summed E-state index contributed by atoms with van der Waals surface area (Å²) in [7, 11) is -3.86. The molecule has 30 heavy (non-hydrogen) atoms. The molecule has 1 aliphatic heterocycles. The van der Waals surface area contributed by atoms with E-state index < -0.39 is 9.84 Å².